The van der Waals surface area contributed by atoms with E-state index in [1.54, 1.807) is 11.3 Å². The van der Waals surface area contributed by atoms with Crippen molar-refractivity contribution in [3.8, 4) is 0 Å². The van der Waals surface area contributed by atoms with Gasteiger partial charge in [0.05, 0.1) is 15.7 Å². The summed E-state index contributed by atoms with van der Waals surface area (Å²) in [7, 11) is 0. The minimum absolute atomic E-state index is 1.10. The van der Waals surface area contributed by atoms with Crippen LogP contribution in [0.4, 0.5) is 0 Å². The van der Waals surface area contributed by atoms with Crippen LogP contribution in [-0.2, 0) is 3.80 Å². The van der Waals surface area contributed by atoms with Crippen LogP contribution in [0.1, 0.15) is 0 Å². The zero-order valence-electron chi connectivity index (χ0n) is 5.73. The maximum atomic E-state index is 8.17. The van der Waals surface area contributed by atoms with Gasteiger partial charge >= 0.3 is 20.0 Å². The Morgan fingerprint density at radius 1 is 1.27 bits per heavy atom. The van der Waals surface area contributed by atoms with E-state index in [4.69, 9.17) is 3.80 Å². The minimum atomic E-state index is 1.10. The van der Waals surface area contributed by atoms with Crippen molar-refractivity contribution in [3.63, 3.8) is 0 Å². The van der Waals surface area contributed by atoms with Crippen molar-refractivity contribution in [2.24, 2.45) is 0 Å². The molecule has 1 aromatic heterocycles. The predicted octanol–water partition coefficient (Wildman–Crippen LogP) is 1.80. The Balaban J connectivity index is 0.000000281. The molecular formula is C7H5AlNOS. The summed E-state index contributed by atoms with van der Waals surface area (Å²) in [6, 6.07) is 8.13. The molecular weight excluding hydrogens is 173 g/mol. The molecule has 53 valence electrons. The van der Waals surface area contributed by atoms with Gasteiger partial charge in [-0.25, -0.2) is 4.98 Å². The molecule has 0 aliphatic carbocycles. The molecule has 0 spiro atoms. The average molecular weight is 178 g/mol. The van der Waals surface area contributed by atoms with Crippen molar-refractivity contribution in [1.29, 1.82) is 0 Å². The first-order valence-corrected chi connectivity index (χ1v) is 4.34. The fourth-order valence-electron chi connectivity index (χ4n) is 0.803. The summed E-state index contributed by atoms with van der Waals surface area (Å²) in [6.45, 7) is 0. The zero-order chi connectivity index (χ0) is 8.10. The second kappa shape index (κ2) is 4.35. The molecule has 2 nitrogen and oxygen atoms in total. The second-order valence-electron chi connectivity index (χ2n) is 1.82. The van der Waals surface area contributed by atoms with E-state index in [0.29, 0.717) is 0 Å². The molecule has 0 amide bonds. The Labute approximate surface area is 76.5 Å². The third-order valence-electron chi connectivity index (χ3n) is 1.24. The van der Waals surface area contributed by atoms with E-state index in [-0.39, 0.29) is 0 Å². The van der Waals surface area contributed by atoms with Crippen molar-refractivity contribution in [2.45, 2.75) is 0 Å². The first-order chi connectivity index (χ1) is 5.47. The quantitative estimate of drug-likeness (QED) is 0.576. The molecule has 0 N–H and O–H groups in total. The Morgan fingerprint density at radius 3 is 2.73 bits per heavy atom. The van der Waals surface area contributed by atoms with Gasteiger partial charge in [0.2, 0.25) is 0 Å². The van der Waals surface area contributed by atoms with Gasteiger partial charge in [-0.05, 0) is 12.1 Å². The van der Waals surface area contributed by atoms with E-state index in [1.165, 1.54) is 20.9 Å². The molecule has 0 saturated carbocycles. The summed E-state index contributed by atoms with van der Waals surface area (Å²) in [5.74, 6) is 0. The average Bonchev–Trinajstić information content (AvgIpc) is 2.55. The summed E-state index contributed by atoms with van der Waals surface area (Å²) in [5.41, 5.74) is 2.97. The van der Waals surface area contributed by atoms with Crippen LogP contribution >= 0.6 is 11.3 Å². The van der Waals surface area contributed by atoms with Crippen LogP contribution in [-0.4, -0.2) is 21.2 Å². The summed E-state index contributed by atoms with van der Waals surface area (Å²) in [5, 5.41) is 0. The van der Waals surface area contributed by atoms with Gasteiger partial charge < -0.3 is 0 Å². The van der Waals surface area contributed by atoms with Gasteiger partial charge in [-0.3, -0.25) is 0 Å². The molecule has 0 aliphatic heterocycles. The third-order valence-corrected chi connectivity index (χ3v) is 2.05. The standard InChI is InChI=1S/C7H5NS.Al.O/c1-2-4-7-6(3-1)8-5-9-7;;/h1-5H;;. The van der Waals surface area contributed by atoms with Crippen LogP contribution in [0.25, 0.3) is 10.2 Å². The normalized spacial score (nSPS) is 8.64. The summed E-state index contributed by atoms with van der Waals surface area (Å²) < 4.78 is 9.43. The number of aromatic nitrogens is 1. The van der Waals surface area contributed by atoms with E-state index < -0.39 is 0 Å². The molecule has 0 fully saturated rings. The molecule has 4 heteroatoms. The number of benzene rings is 1. The smallest absolute Gasteiger partial charge is 0.0812 e. The number of thiazole rings is 1. The molecule has 0 aliphatic rings. The van der Waals surface area contributed by atoms with Crippen molar-refractivity contribution < 1.29 is 3.80 Å². The van der Waals surface area contributed by atoms with Gasteiger partial charge in [-0.2, -0.15) is 0 Å². The Hall–Kier alpha value is -0.558. The van der Waals surface area contributed by atoms with Gasteiger partial charge in [0.1, 0.15) is 0 Å². The molecule has 2 rings (SSSR count). The molecule has 0 bridgehead atoms. The fourth-order valence-corrected chi connectivity index (χ4v) is 1.48. The zero-order valence-corrected chi connectivity index (χ0v) is 7.70. The fraction of sp³-hybridized carbons (Fsp3) is 0. The number of fused-ring (bicyclic) bond motifs is 1. The van der Waals surface area contributed by atoms with Crippen LogP contribution in [0, 0.1) is 0 Å². The van der Waals surface area contributed by atoms with E-state index in [0.717, 1.165) is 5.52 Å². The maximum absolute atomic E-state index is 8.17. The van der Waals surface area contributed by atoms with Crippen LogP contribution in [0.15, 0.2) is 29.8 Å². The molecule has 11 heavy (non-hydrogen) atoms. The number of para-hydroxylation sites is 1. The van der Waals surface area contributed by atoms with E-state index in [9.17, 15) is 0 Å². The topological polar surface area (TPSA) is 30.0 Å². The molecule has 0 saturated heterocycles. The van der Waals surface area contributed by atoms with Gasteiger partial charge in [0, 0.05) is 0 Å². The van der Waals surface area contributed by atoms with E-state index in [2.05, 4.69) is 11.1 Å². The van der Waals surface area contributed by atoms with Crippen molar-refractivity contribution >= 4 is 37.8 Å². The van der Waals surface area contributed by atoms with Gasteiger partial charge in [0.25, 0.3) is 0 Å². The number of nitrogens with zero attached hydrogens (tertiary/aromatic N) is 1. The van der Waals surface area contributed by atoms with Crippen LogP contribution < -0.4 is 0 Å². The number of hydrogen-bond acceptors (Lipinski definition) is 3. The third kappa shape index (κ3) is 1.93. The molecule has 1 aromatic carbocycles. The van der Waals surface area contributed by atoms with Gasteiger partial charge in [-0.1, -0.05) is 12.1 Å². The number of hydrogen-bond donors (Lipinski definition) is 0. The Kier molecular flexibility index (Phi) is 3.37. The second-order valence-corrected chi connectivity index (χ2v) is 2.71. The maximum Gasteiger partial charge on any atom is 0.0812 e. The first-order valence-electron chi connectivity index (χ1n) is 2.98. The molecule has 0 unspecified atom stereocenters. The van der Waals surface area contributed by atoms with Crippen molar-refractivity contribution in [3.05, 3.63) is 29.8 Å². The largest absolute Gasteiger partial charge is 0.245 e. The molecule has 1 heterocycles. The van der Waals surface area contributed by atoms with Crippen LogP contribution in [0.2, 0.25) is 0 Å². The summed E-state index contributed by atoms with van der Waals surface area (Å²) in [4.78, 5) is 4.14. The minimum Gasteiger partial charge on any atom is -0.245 e. The molecule has 2 aromatic rings. The van der Waals surface area contributed by atoms with Crippen molar-refractivity contribution in [2.75, 3.05) is 0 Å². The van der Waals surface area contributed by atoms with Crippen molar-refractivity contribution in [1.82, 2.24) is 4.98 Å². The summed E-state index contributed by atoms with van der Waals surface area (Å²) >= 11 is 2.84. The Bertz CT molecular complexity index is 305. The summed E-state index contributed by atoms with van der Waals surface area (Å²) in [6.07, 6.45) is 0. The van der Waals surface area contributed by atoms with Gasteiger partial charge in [-0.15, -0.1) is 11.3 Å². The first kappa shape index (κ1) is 8.54. The van der Waals surface area contributed by atoms with E-state index >= 15 is 0 Å². The monoisotopic (exact) mass is 178 g/mol. The van der Waals surface area contributed by atoms with Gasteiger partial charge in [0.15, 0.2) is 0 Å². The molecule has 1 radical (unpaired) electrons. The van der Waals surface area contributed by atoms with Crippen LogP contribution in [0.5, 0.6) is 0 Å². The number of rotatable bonds is 0. The predicted molar refractivity (Wildman–Crippen MR) is 46.1 cm³/mol. The SMILES string of the molecule is [O]=[Al].c1ccc2scnc2c1. The van der Waals surface area contributed by atoms with Crippen LogP contribution in [0.3, 0.4) is 0 Å². The Morgan fingerprint density at radius 2 is 2.00 bits per heavy atom. The molecule has 0 atom stereocenters. The van der Waals surface area contributed by atoms with E-state index in [1.807, 2.05) is 23.7 Å².